The van der Waals surface area contributed by atoms with Crippen LogP contribution in [-0.4, -0.2) is 32.8 Å². The zero-order chi connectivity index (χ0) is 12.2. The number of likely N-dealkylation sites (tertiary alicyclic amines) is 1. The molecule has 4 heteroatoms. The van der Waals surface area contributed by atoms with E-state index in [0.29, 0.717) is 0 Å². The number of rotatable bonds is 4. The molecule has 0 N–H and O–H groups in total. The second-order valence-electron chi connectivity index (χ2n) is 5.03. The highest BCUT2D eigenvalue weighted by atomic mass is 15.2. The zero-order valence-corrected chi connectivity index (χ0v) is 10.4. The molecule has 2 heterocycles. The fraction of sp³-hybridized carbons (Fsp3) is 0.429. The van der Waals surface area contributed by atoms with Gasteiger partial charge in [0.15, 0.2) is 0 Å². The molecule has 0 radical (unpaired) electrons. The van der Waals surface area contributed by atoms with Crippen molar-refractivity contribution in [1.82, 2.24) is 19.7 Å². The monoisotopic (exact) mass is 242 g/mol. The summed E-state index contributed by atoms with van der Waals surface area (Å²) < 4.78 is 2.08. The van der Waals surface area contributed by atoms with Crippen LogP contribution in [0.25, 0.3) is 0 Å². The molecule has 1 aliphatic heterocycles. The molecule has 1 fully saturated rings. The molecular formula is C14H18N4. The van der Waals surface area contributed by atoms with Crippen molar-refractivity contribution < 1.29 is 0 Å². The normalized spacial score (nSPS) is 20.3. The minimum absolute atomic E-state index is 0.727. The molecule has 1 atom stereocenters. The van der Waals surface area contributed by atoms with Gasteiger partial charge in [-0.3, -0.25) is 4.90 Å². The van der Waals surface area contributed by atoms with E-state index in [0.717, 1.165) is 19.0 Å². The average Bonchev–Trinajstić information content (AvgIpc) is 3.03. The Hall–Kier alpha value is -1.68. The lowest BCUT2D eigenvalue weighted by Gasteiger charge is -2.16. The van der Waals surface area contributed by atoms with Gasteiger partial charge in [0.2, 0.25) is 0 Å². The molecule has 1 saturated heterocycles. The molecule has 0 amide bonds. The Labute approximate surface area is 107 Å². The molecular weight excluding hydrogens is 224 g/mol. The molecule has 18 heavy (non-hydrogen) atoms. The number of benzene rings is 1. The zero-order valence-electron chi connectivity index (χ0n) is 10.4. The van der Waals surface area contributed by atoms with Crippen LogP contribution in [-0.2, 0) is 13.1 Å². The maximum Gasteiger partial charge on any atom is 0.119 e. The molecule has 1 aromatic carbocycles. The summed E-state index contributed by atoms with van der Waals surface area (Å²) in [6, 6.07) is 10.7. The summed E-state index contributed by atoms with van der Waals surface area (Å²) in [5, 5.41) is 7.70. The highest BCUT2D eigenvalue weighted by molar-refractivity contribution is 5.14. The summed E-state index contributed by atoms with van der Waals surface area (Å²) in [7, 11) is 0. The van der Waals surface area contributed by atoms with Crippen molar-refractivity contribution in [1.29, 1.82) is 0 Å². The fourth-order valence-electron chi connectivity index (χ4n) is 2.66. The Bertz CT molecular complexity index is 466. The quantitative estimate of drug-likeness (QED) is 0.820. The van der Waals surface area contributed by atoms with Gasteiger partial charge in [-0.05, 0) is 24.4 Å². The molecule has 0 saturated carbocycles. The maximum atomic E-state index is 3.85. The minimum atomic E-state index is 0.727. The van der Waals surface area contributed by atoms with Gasteiger partial charge in [0.05, 0.1) is 0 Å². The summed E-state index contributed by atoms with van der Waals surface area (Å²) in [5.74, 6) is 0.727. The van der Waals surface area contributed by atoms with Crippen LogP contribution < -0.4 is 0 Å². The second-order valence-corrected chi connectivity index (χ2v) is 5.03. The van der Waals surface area contributed by atoms with E-state index >= 15 is 0 Å². The van der Waals surface area contributed by atoms with Gasteiger partial charge in [-0.1, -0.05) is 30.3 Å². The van der Waals surface area contributed by atoms with Crippen molar-refractivity contribution in [2.24, 2.45) is 5.92 Å². The van der Waals surface area contributed by atoms with Crippen molar-refractivity contribution >= 4 is 0 Å². The van der Waals surface area contributed by atoms with Gasteiger partial charge in [-0.25, -0.2) is 0 Å². The third kappa shape index (κ3) is 2.76. The SMILES string of the molecule is c1ccc(CN2CC[C@@H](Cn3cnnc3)C2)cc1. The molecule has 0 bridgehead atoms. The Morgan fingerprint density at radius 2 is 1.89 bits per heavy atom. The molecule has 1 aliphatic rings. The van der Waals surface area contributed by atoms with E-state index < -0.39 is 0 Å². The Kier molecular flexibility index (Phi) is 3.37. The lowest BCUT2D eigenvalue weighted by molar-refractivity contribution is 0.309. The minimum Gasteiger partial charge on any atom is -0.320 e. The van der Waals surface area contributed by atoms with Crippen molar-refractivity contribution in [3.8, 4) is 0 Å². The highest BCUT2D eigenvalue weighted by Crippen LogP contribution is 2.19. The van der Waals surface area contributed by atoms with E-state index in [1.165, 1.54) is 25.1 Å². The Morgan fingerprint density at radius 1 is 1.11 bits per heavy atom. The van der Waals surface area contributed by atoms with Gasteiger partial charge in [-0.2, -0.15) is 0 Å². The Morgan fingerprint density at radius 3 is 2.67 bits per heavy atom. The van der Waals surface area contributed by atoms with E-state index in [2.05, 4.69) is 50.0 Å². The first-order chi connectivity index (χ1) is 8.90. The number of hydrogen-bond donors (Lipinski definition) is 0. The molecule has 94 valence electrons. The van der Waals surface area contributed by atoms with E-state index in [4.69, 9.17) is 0 Å². The van der Waals surface area contributed by atoms with E-state index in [1.54, 1.807) is 12.7 Å². The van der Waals surface area contributed by atoms with Crippen LogP contribution in [0, 0.1) is 5.92 Å². The van der Waals surface area contributed by atoms with Crippen LogP contribution in [0.4, 0.5) is 0 Å². The summed E-state index contributed by atoms with van der Waals surface area (Å²) in [6.45, 7) is 4.48. The van der Waals surface area contributed by atoms with Crippen molar-refractivity contribution in [2.75, 3.05) is 13.1 Å². The van der Waals surface area contributed by atoms with Gasteiger partial charge < -0.3 is 4.57 Å². The van der Waals surface area contributed by atoms with Crippen LogP contribution >= 0.6 is 0 Å². The third-order valence-corrected chi connectivity index (χ3v) is 3.55. The lowest BCUT2D eigenvalue weighted by atomic mass is 10.1. The summed E-state index contributed by atoms with van der Waals surface area (Å²) >= 11 is 0. The molecule has 0 aliphatic carbocycles. The number of aromatic nitrogens is 3. The van der Waals surface area contributed by atoms with Crippen molar-refractivity contribution in [3.63, 3.8) is 0 Å². The van der Waals surface area contributed by atoms with Crippen LogP contribution in [0.2, 0.25) is 0 Å². The molecule has 3 rings (SSSR count). The number of hydrogen-bond acceptors (Lipinski definition) is 3. The van der Waals surface area contributed by atoms with Gasteiger partial charge in [0.1, 0.15) is 12.7 Å². The van der Waals surface area contributed by atoms with Crippen molar-refractivity contribution in [3.05, 3.63) is 48.5 Å². The largest absolute Gasteiger partial charge is 0.320 e. The van der Waals surface area contributed by atoms with Gasteiger partial charge in [0.25, 0.3) is 0 Å². The molecule has 4 nitrogen and oxygen atoms in total. The average molecular weight is 242 g/mol. The summed E-state index contributed by atoms with van der Waals surface area (Å²) in [6.07, 6.45) is 4.88. The van der Waals surface area contributed by atoms with Crippen LogP contribution in [0.1, 0.15) is 12.0 Å². The molecule has 0 spiro atoms. The second kappa shape index (κ2) is 5.31. The number of nitrogens with zero attached hydrogens (tertiary/aromatic N) is 4. The van der Waals surface area contributed by atoms with Gasteiger partial charge >= 0.3 is 0 Å². The molecule has 2 aromatic rings. The predicted octanol–water partition coefficient (Wildman–Crippen LogP) is 1.80. The third-order valence-electron chi connectivity index (χ3n) is 3.55. The first kappa shape index (κ1) is 11.4. The van der Waals surface area contributed by atoms with Gasteiger partial charge in [0, 0.05) is 19.6 Å². The fourth-order valence-corrected chi connectivity index (χ4v) is 2.66. The van der Waals surface area contributed by atoms with Crippen LogP contribution in [0.3, 0.4) is 0 Å². The first-order valence-electron chi connectivity index (χ1n) is 6.49. The molecule has 0 unspecified atom stereocenters. The van der Waals surface area contributed by atoms with Crippen LogP contribution in [0.5, 0.6) is 0 Å². The summed E-state index contributed by atoms with van der Waals surface area (Å²) in [4.78, 5) is 2.53. The van der Waals surface area contributed by atoms with Gasteiger partial charge in [-0.15, -0.1) is 10.2 Å². The highest BCUT2D eigenvalue weighted by Gasteiger charge is 2.22. The molecule has 1 aromatic heterocycles. The lowest BCUT2D eigenvalue weighted by Crippen LogP contribution is -2.21. The standard InChI is InChI=1S/C14H18N4/c1-2-4-13(5-3-1)8-17-7-6-14(9-17)10-18-11-15-16-12-18/h1-5,11-12,14H,6-10H2/t14-/m1/s1. The first-order valence-corrected chi connectivity index (χ1v) is 6.49. The van der Waals surface area contributed by atoms with E-state index in [1.807, 2.05) is 0 Å². The topological polar surface area (TPSA) is 34.0 Å². The smallest absolute Gasteiger partial charge is 0.119 e. The maximum absolute atomic E-state index is 3.85. The van der Waals surface area contributed by atoms with E-state index in [9.17, 15) is 0 Å². The Balaban J connectivity index is 1.52. The van der Waals surface area contributed by atoms with Crippen molar-refractivity contribution in [2.45, 2.75) is 19.5 Å². The van der Waals surface area contributed by atoms with E-state index in [-0.39, 0.29) is 0 Å². The predicted molar refractivity (Wildman–Crippen MR) is 69.8 cm³/mol. The summed E-state index contributed by atoms with van der Waals surface area (Å²) in [5.41, 5.74) is 1.41. The van der Waals surface area contributed by atoms with Crippen LogP contribution in [0.15, 0.2) is 43.0 Å².